The maximum atomic E-state index is 14.3. The van der Waals surface area contributed by atoms with Gasteiger partial charge in [0, 0.05) is 32.7 Å². The van der Waals surface area contributed by atoms with Crippen molar-refractivity contribution in [2.75, 3.05) is 59.2 Å². The summed E-state index contributed by atoms with van der Waals surface area (Å²) in [5, 5.41) is 10.0. The molecule has 206 valence electrons. The fourth-order valence-electron chi connectivity index (χ4n) is 6.79. The van der Waals surface area contributed by atoms with Crippen molar-refractivity contribution in [3.05, 3.63) is 25.3 Å². The number of morpholine rings is 1. The fraction of sp³-hybridized carbons (Fsp3) is 0.741. The zero-order chi connectivity index (χ0) is 26.8. The van der Waals surface area contributed by atoms with Gasteiger partial charge in [0.15, 0.2) is 0 Å². The normalized spacial score (nSPS) is 33.8. The number of aliphatic hydroxyl groups is 1. The van der Waals surface area contributed by atoms with Gasteiger partial charge in [0.1, 0.15) is 24.2 Å². The highest BCUT2D eigenvalue weighted by molar-refractivity contribution is 5.98. The second kappa shape index (κ2) is 11.2. The maximum Gasteiger partial charge on any atom is 0.313 e. The Labute approximate surface area is 219 Å². The van der Waals surface area contributed by atoms with Gasteiger partial charge in [-0.2, -0.15) is 0 Å². The molecule has 6 atom stereocenters. The molecule has 4 saturated heterocycles. The number of ether oxygens (including phenoxy) is 3. The molecule has 0 aromatic rings. The third-order valence-corrected chi connectivity index (χ3v) is 8.64. The summed E-state index contributed by atoms with van der Waals surface area (Å²) in [5.74, 6) is -2.72. The molecule has 4 aliphatic heterocycles. The van der Waals surface area contributed by atoms with E-state index in [2.05, 4.69) is 18.1 Å². The van der Waals surface area contributed by atoms with Gasteiger partial charge in [0.2, 0.25) is 11.8 Å². The number of esters is 1. The molecule has 0 saturated carbocycles. The first-order chi connectivity index (χ1) is 17.8. The lowest BCUT2D eigenvalue weighted by Gasteiger charge is -2.39. The highest BCUT2D eigenvalue weighted by Gasteiger charge is 2.79. The number of hydrogen-bond acceptors (Lipinski definition) is 8. The summed E-state index contributed by atoms with van der Waals surface area (Å²) in [6.45, 7) is 15.2. The topological polar surface area (TPSA) is 109 Å². The van der Waals surface area contributed by atoms with Crippen LogP contribution in [0.3, 0.4) is 0 Å². The van der Waals surface area contributed by atoms with E-state index in [1.807, 2.05) is 6.92 Å². The van der Waals surface area contributed by atoms with Gasteiger partial charge < -0.3 is 29.1 Å². The molecule has 1 spiro atoms. The summed E-state index contributed by atoms with van der Waals surface area (Å²) < 4.78 is 17.6. The Morgan fingerprint density at radius 2 is 2.00 bits per heavy atom. The van der Waals surface area contributed by atoms with Gasteiger partial charge in [0.05, 0.1) is 37.4 Å². The number of rotatable bonds is 12. The second-order valence-electron chi connectivity index (χ2n) is 10.6. The number of hydrogen-bond donors (Lipinski definition) is 1. The van der Waals surface area contributed by atoms with Crippen LogP contribution in [-0.2, 0) is 28.6 Å². The Morgan fingerprint density at radius 3 is 2.62 bits per heavy atom. The standard InChI is InChI=1S/C27H41N3O7/c1-5-10-29(12-11-28-13-16-35-17-14-28)24(33)22-27-9-8-26(7-3,37-27)21(25(34)36-15-6-2)20(27)23(32)30(22)19(4)18-31/h5-6,19-22,31H,1-2,7-18H2,3-4H3/t19-,20+,21-,22?,26+,27?/m1/s1. The predicted molar refractivity (Wildman–Crippen MR) is 135 cm³/mol. The largest absolute Gasteiger partial charge is 0.461 e. The van der Waals surface area contributed by atoms with Crippen LogP contribution in [0.2, 0.25) is 0 Å². The summed E-state index contributed by atoms with van der Waals surface area (Å²) in [6.07, 6.45) is 4.74. The molecule has 4 heterocycles. The quantitative estimate of drug-likeness (QED) is 0.295. The molecule has 0 radical (unpaired) electrons. The van der Waals surface area contributed by atoms with Crippen LogP contribution in [0.15, 0.2) is 25.3 Å². The fourth-order valence-corrected chi connectivity index (χ4v) is 6.79. The minimum atomic E-state index is -1.15. The monoisotopic (exact) mass is 519 g/mol. The number of aliphatic hydroxyl groups excluding tert-OH is 1. The molecule has 0 aliphatic carbocycles. The van der Waals surface area contributed by atoms with Crippen LogP contribution >= 0.6 is 0 Å². The van der Waals surface area contributed by atoms with Crippen LogP contribution in [0, 0.1) is 11.8 Å². The summed E-state index contributed by atoms with van der Waals surface area (Å²) in [7, 11) is 0. The van der Waals surface area contributed by atoms with Crippen LogP contribution in [0.1, 0.15) is 33.1 Å². The molecule has 37 heavy (non-hydrogen) atoms. The van der Waals surface area contributed by atoms with Gasteiger partial charge in [0.25, 0.3) is 0 Å². The number of amides is 2. The summed E-state index contributed by atoms with van der Waals surface area (Å²) in [6, 6.07) is -1.56. The van der Waals surface area contributed by atoms with Crippen LogP contribution < -0.4 is 0 Å². The van der Waals surface area contributed by atoms with Crippen LogP contribution in [-0.4, -0.2) is 120 Å². The Kier molecular flexibility index (Phi) is 8.42. The molecule has 4 rings (SSSR count). The van der Waals surface area contributed by atoms with Crippen molar-refractivity contribution in [3.63, 3.8) is 0 Å². The minimum absolute atomic E-state index is 0.0385. The average Bonchev–Trinajstić information content (AvgIpc) is 3.53. The zero-order valence-electron chi connectivity index (χ0n) is 22.1. The van der Waals surface area contributed by atoms with Crippen molar-refractivity contribution in [2.24, 2.45) is 11.8 Å². The molecule has 0 aromatic heterocycles. The Hall–Kier alpha value is -2.27. The smallest absolute Gasteiger partial charge is 0.313 e. The third-order valence-electron chi connectivity index (χ3n) is 8.64. The van der Waals surface area contributed by atoms with Crippen LogP contribution in [0.25, 0.3) is 0 Å². The molecule has 2 bridgehead atoms. The van der Waals surface area contributed by atoms with Gasteiger partial charge in [-0.05, 0) is 26.2 Å². The van der Waals surface area contributed by atoms with Gasteiger partial charge in [-0.25, -0.2) is 0 Å². The number of carbonyl (C=O) groups is 3. The highest BCUT2D eigenvalue weighted by Crippen LogP contribution is 2.64. The second-order valence-corrected chi connectivity index (χ2v) is 10.6. The van der Waals surface area contributed by atoms with Gasteiger partial charge >= 0.3 is 5.97 Å². The van der Waals surface area contributed by atoms with E-state index in [9.17, 15) is 19.5 Å². The zero-order valence-corrected chi connectivity index (χ0v) is 22.1. The van der Waals surface area contributed by atoms with Crippen molar-refractivity contribution in [2.45, 2.75) is 56.4 Å². The van der Waals surface area contributed by atoms with Gasteiger partial charge in [-0.1, -0.05) is 25.7 Å². The number of fused-ring (bicyclic) bond motifs is 1. The van der Waals surface area contributed by atoms with Crippen LogP contribution in [0.4, 0.5) is 0 Å². The Balaban J connectivity index is 1.68. The van der Waals surface area contributed by atoms with E-state index in [0.717, 1.165) is 13.1 Å². The molecular weight excluding hydrogens is 478 g/mol. The molecule has 2 unspecified atom stereocenters. The molecule has 4 fully saturated rings. The van der Waals surface area contributed by atoms with Crippen LogP contribution in [0.5, 0.6) is 0 Å². The van der Waals surface area contributed by atoms with E-state index in [1.165, 1.54) is 11.0 Å². The molecule has 10 nitrogen and oxygen atoms in total. The van der Waals surface area contributed by atoms with Gasteiger partial charge in [-0.3, -0.25) is 19.3 Å². The first kappa shape index (κ1) is 27.8. The van der Waals surface area contributed by atoms with E-state index >= 15 is 0 Å². The summed E-state index contributed by atoms with van der Waals surface area (Å²) in [5.41, 5.74) is -2.01. The van der Waals surface area contributed by atoms with E-state index in [1.54, 1.807) is 17.9 Å². The lowest BCUT2D eigenvalue weighted by molar-refractivity contribution is -0.162. The van der Waals surface area contributed by atoms with E-state index < -0.39 is 41.1 Å². The minimum Gasteiger partial charge on any atom is -0.461 e. The third kappa shape index (κ3) is 4.62. The lowest BCUT2D eigenvalue weighted by Crippen LogP contribution is -2.59. The lowest BCUT2D eigenvalue weighted by atomic mass is 9.65. The van der Waals surface area contributed by atoms with E-state index in [4.69, 9.17) is 14.2 Å². The maximum absolute atomic E-state index is 14.3. The van der Waals surface area contributed by atoms with Crippen molar-refractivity contribution >= 4 is 17.8 Å². The molecule has 1 N–H and O–H groups in total. The molecule has 0 aromatic carbocycles. The first-order valence-corrected chi connectivity index (χ1v) is 13.4. The van der Waals surface area contributed by atoms with Crippen molar-refractivity contribution < 1.29 is 33.7 Å². The van der Waals surface area contributed by atoms with Gasteiger partial charge in [-0.15, -0.1) is 6.58 Å². The number of nitrogens with zero attached hydrogens (tertiary/aromatic N) is 3. The number of carbonyl (C=O) groups excluding carboxylic acids is 3. The first-order valence-electron chi connectivity index (χ1n) is 13.4. The van der Waals surface area contributed by atoms with Crippen molar-refractivity contribution in [1.82, 2.24) is 14.7 Å². The molecule has 4 aliphatic rings. The Bertz CT molecular complexity index is 906. The summed E-state index contributed by atoms with van der Waals surface area (Å²) >= 11 is 0. The molecule has 10 heteroatoms. The van der Waals surface area contributed by atoms with E-state index in [0.29, 0.717) is 52.1 Å². The summed E-state index contributed by atoms with van der Waals surface area (Å²) in [4.78, 5) is 47.0. The average molecular weight is 520 g/mol. The van der Waals surface area contributed by atoms with E-state index in [-0.39, 0.29) is 25.0 Å². The predicted octanol–water partition coefficient (Wildman–Crippen LogP) is 0.598. The Morgan fingerprint density at radius 1 is 1.27 bits per heavy atom. The van der Waals surface area contributed by atoms with Crippen molar-refractivity contribution in [1.29, 1.82) is 0 Å². The highest BCUT2D eigenvalue weighted by atomic mass is 16.6. The SMILES string of the molecule is C=CCOC(=O)[C@H]1[C@H]2C(=O)N([C@H](C)CO)C(C(=O)N(CC=C)CCN3CCOCC3)C23CC[C@]1(CC)O3. The number of likely N-dealkylation sites (tertiary alicyclic amines) is 1. The van der Waals surface area contributed by atoms with Crippen molar-refractivity contribution in [3.8, 4) is 0 Å². The molecular formula is C27H41N3O7. The molecule has 2 amide bonds.